The summed E-state index contributed by atoms with van der Waals surface area (Å²) in [6, 6.07) is 9.02. The fraction of sp³-hybridized carbons (Fsp3) is 0.409. The predicted octanol–water partition coefficient (Wildman–Crippen LogP) is 2.88. The largest absolute Gasteiger partial charge is 0.490 e. The molecule has 0 aromatic carbocycles. The summed E-state index contributed by atoms with van der Waals surface area (Å²) in [6.07, 6.45) is 2.74. The number of hydrogen-bond acceptors (Lipinski definition) is 5. The Morgan fingerprint density at radius 2 is 1.55 bits per heavy atom. The molecule has 11 heteroatoms. The molecule has 0 aliphatic carbocycles. The lowest BCUT2D eigenvalue weighted by Gasteiger charge is -2.39. The van der Waals surface area contributed by atoms with Crippen LogP contribution in [-0.4, -0.2) is 75.0 Å². The Morgan fingerprint density at radius 3 is 2.06 bits per heavy atom. The number of pyridine rings is 2. The van der Waals surface area contributed by atoms with Gasteiger partial charge in [0.1, 0.15) is 5.69 Å². The maximum atomic E-state index is 12.6. The lowest BCUT2D eigenvalue weighted by Crippen LogP contribution is -2.44. The molecule has 1 N–H and O–H groups in total. The molecule has 2 aromatic rings. The number of nitrogens with zero attached hydrogens (tertiary/aromatic N) is 4. The Morgan fingerprint density at radius 1 is 0.909 bits per heavy atom. The summed E-state index contributed by atoms with van der Waals surface area (Å²) in [7, 11) is 0. The molecule has 2 fully saturated rings. The van der Waals surface area contributed by atoms with Crippen molar-refractivity contribution in [1.29, 1.82) is 0 Å². The van der Waals surface area contributed by atoms with Gasteiger partial charge in [0.2, 0.25) is 0 Å². The van der Waals surface area contributed by atoms with Crippen LogP contribution in [0.15, 0.2) is 48.9 Å². The number of halogens is 3. The number of aromatic nitrogens is 2. The average Bonchev–Trinajstić information content (AvgIpc) is 3.23. The number of alkyl halides is 3. The van der Waals surface area contributed by atoms with Crippen molar-refractivity contribution in [3.63, 3.8) is 0 Å². The second kappa shape index (κ2) is 9.97. The second-order valence-electron chi connectivity index (χ2n) is 8.03. The summed E-state index contributed by atoms with van der Waals surface area (Å²) in [5, 5.41) is 7.12. The topological polar surface area (TPSA) is 104 Å². The molecule has 2 amide bonds. The van der Waals surface area contributed by atoms with Crippen LogP contribution in [0.3, 0.4) is 0 Å². The normalized spacial score (nSPS) is 17.3. The summed E-state index contributed by atoms with van der Waals surface area (Å²) in [5.74, 6) is -2.70. The molecule has 4 rings (SSSR count). The van der Waals surface area contributed by atoms with Crippen LogP contribution in [0.5, 0.6) is 0 Å². The van der Waals surface area contributed by atoms with Gasteiger partial charge in [0, 0.05) is 44.8 Å². The third kappa shape index (κ3) is 6.05. The number of likely N-dealkylation sites (tertiary alicyclic amines) is 2. The van der Waals surface area contributed by atoms with Gasteiger partial charge in [-0.2, -0.15) is 13.2 Å². The van der Waals surface area contributed by atoms with Crippen molar-refractivity contribution in [1.82, 2.24) is 19.8 Å². The van der Waals surface area contributed by atoms with E-state index in [0.717, 1.165) is 45.4 Å². The quantitative estimate of drug-likeness (QED) is 0.733. The Labute approximate surface area is 188 Å². The fourth-order valence-corrected chi connectivity index (χ4v) is 4.02. The first kappa shape index (κ1) is 24.1. The lowest BCUT2D eigenvalue weighted by molar-refractivity contribution is -0.192. The van der Waals surface area contributed by atoms with Gasteiger partial charge in [0.25, 0.3) is 11.8 Å². The summed E-state index contributed by atoms with van der Waals surface area (Å²) in [5.41, 5.74) is 1.29. The molecule has 2 saturated heterocycles. The van der Waals surface area contributed by atoms with Crippen LogP contribution in [0.25, 0.3) is 0 Å². The predicted molar refractivity (Wildman–Crippen MR) is 110 cm³/mol. The van der Waals surface area contributed by atoms with Gasteiger partial charge in [-0.1, -0.05) is 6.07 Å². The molecule has 176 valence electrons. The van der Waals surface area contributed by atoms with Crippen LogP contribution in [0.1, 0.15) is 40.1 Å². The van der Waals surface area contributed by atoms with E-state index in [1.807, 2.05) is 28.0 Å². The molecular weight excluding hydrogens is 441 g/mol. The maximum Gasteiger partial charge on any atom is 0.490 e. The van der Waals surface area contributed by atoms with E-state index < -0.39 is 12.1 Å². The zero-order chi connectivity index (χ0) is 24.1. The summed E-state index contributed by atoms with van der Waals surface area (Å²) in [4.78, 5) is 46.1. The number of amides is 2. The number of carboxylic acid groups (broad SMARTS) is 1. The van der Waals surface area contributed by atoms with Gasteiger partial charge < -0.3 is 14.9 Å². The van der Waals surface area contributed by atoms with Crippen LogP contribution in [0.2, 0.25) is 0 Å². The van der Waals surface area contributed by atoms with E-state index in [0.29, 0.717) is 11.3 Å². The van der Waals surface area contributed by atoms with Gasteiger partial charge in [-0.25, -0.2) is 4.79 Å². The first-order valence-corrected chi connectivity index (χ1v) is 10.3. The number of piperidine rings is 1. The first-order valence-electron chi connectivity index (χ1n) is 10.3. The standard InChI is InChI=1S/C20H22N4O2.C2HF3O2/c25-18(16-4-3-9-21-14-16)24-13-8-20(15-24)6-11-23(12-7-20)19(26)17-5-1-2-10-22-17;3-2(4,5)1(6)7/h1-5,9-10,14H,6-8,11-13,15H2;(H,6,7). The summed E-state index contributed by atoms with van der Waals surface area (Å²) in [6.45, 7) is 3.00. The van der Waals surface area contributed by atoms with E-state index in [1.54, 1.807) is 30.7 Å². The third-order valence-electron chi connectivity index (χ3n) is 5.87. The minimum atomic E-state index is -5.08. The zero-order valence-electron chi connectivity index (χ0n) is 17.7. The highest BCUT2D eigenvalue weighted by Gasteiger charge is 2.43. The summed E-state index contributed by atoms with van der Waals surface area (Å²) < 4.78 is 31.7. The van der Waals surface area contributed by atoms with E-state index in [4.69, 9.17) is 9.90 Å². The van der Waals surface area contributed by atoms with Crippen LogP contribution >= 0.6 is 0 Å². The maximum absolute atomic E-state index is 12.6. The molecule has 8 nitrogen and oxygen atoms in total. The molecular formula is C22H23F3N4O4. The van der Waals surface area contributed by atoms with Gasteiger partial charge in [0.15, 0.2) is 0 Å². The van der Waals surface area contributed by atoms with Crippen molar-refractivity contribution in [2.75, 3.05) is 26.2 Å². The molecule has 0 saturated carbocycles. The van der Waals surface area contributed by atoms with Gasteiger partial charge in [0.05, 0.1) is 5.56 Å². The highest BCUT2D eigenvalue weighted by molar-refractivity contribution is 5.94. The number of carboxylic acids is 1. The van der Waals surface area contributed by atoms with Crippen molar-refractivity contribution in [2.24, 2.45) is 5.41 Å². The molecule has 1 spiro atoms. The highest BCUT2D eigenvalue weighted by Crippen LogP contribution is 2.41. The van der Waals surface area contributed by atoms with Crippen LogP contribution in [0, 0.1) is 5.41 Å². The van der Waals surface area contributed by atoms with E-state index >= 15 is 0 Å². The summed E-state index contributed by atoms with van der Waals surface area (Å²) >= 11 is 0. The molecule has 2 aromatic heterocycles. The smallest absolute Gasteiger partial charge is 0.475 e. The zero-order valence-corrected chi connectivity index (χ0v) is 17.7. The Bertz CT molecular complexity index is 978. The average molecular weight is 464 g/mol. The molecule has 2 aliphatic rings. The minimum Gasteiger partial charge on any atom is -0.475 e. The number of aliphatic carboxylic acids is 1. The molecule has 0 unspecified atom stereocenters. The van der Waals surface area contributed by atoms with Crippen LogP contribution in [-0.2, 0) is 4.79 Å². The van der Waals surface area contributed by atoms with Crippen molar-refractivity contribution in [3.8, 4) is 0 Å². The number of carbonyl (C=O) groups is 3. The molecule has 0 bridgehead atoms. The fourth-order valence-electron chi connectivity index (χ4n) is 4.02. The van der Waals surface area contributed by atoms with Crippen molar-refractivity contribution < 1.29 is 32.7 Å². The van der Waals surface area contributed by atoms with Crippen molar-refractivity contribution >= 4 is 17.8 Å². The molecule has 2 aliphatic heterocycles. The molecule has 4 heterocycles. The monoisotopic (exact) mass is 464 g/mol. The van der Waals surface area contributed by atoms with Gasteiger partial charge >= 0.3 is 12.1 Å². The lowest BCUT2D eigenvalue weighted by atomic mass is 9.77. The van der Waals surface area contributed by atoms with E-state index in [1.165, 1.54) is 0 Å². The minimum absolute atomic E-state index is 0.00161. The first-order chi connectivity index (χ1) is 15.6. The van der Waals surface area contributed by atoms with Crippen molar-refractivity contribution in [3.05, 3.63) is 60.2 Å². The van der Waals surface area contributed by atoms with E-state index in [9.17, 15) is 22.8 Å². The second-order valence-corrected chi connectivity index (χ2v) is 8.03. The van der Waals surface area contributed by atoms with Crippen LogP contribution < -0.4 is 0 Å². The number of rotatable bonds is 2. The molecule has 0 radical (unpaired) electrons. The van der Waals surface area contributed by atoms with Gasteiger partial charge in [-0.3, -0.25) is 19.6 Å². The van der Waals surface area contributed by atoms with Gasteiger partial charge in [-0.05, 0) is 48.9 Å². The third-order valence-corrected chi connectivity index (χ3v) is 5.87. The Balaban J connectivity index is 0.000000383. The van der Waals surface area contributed by atoms with Gasteiger partial charge in [-0.15, -0.1) is 0 Å². The molecule has 33 heavy (non-hydrogen) atoms. The van der Waals surface area contributed by atoms with E-state index in [2.05, 4.69) is 9.97 Å². The van der Waals surface area contributed by atoms with E-state index in [-0.39, 0.29) is 17.2 Å². The number of carbonyl (C=O) groups excluding carboxylic acids is 2. The number of hydrogen-bond donors (Lipinski definition) is 1. The molecule has 0 atom stereocenters. The Kier molecular flexibility index (Phi) is 7.29. The van der Waals surface area contributed by atoms with Crippen LogP contribution in [0.4, 0.5) is 13.2 Å². The Hall–Kier alpha value is -3.50. The highest BCUT2D eigenvalue weighted by atomic mass is 19.4. The SMILES string of the molecule is O=C(O)C(F)(F)F.O=C(c1cccnc1)N1CCC2(CCN(C(=O)c3ccccn3)CC2)C1. The van der Waals surface area contributed by atoms with Crippen molar-refractivity contribution in [2.45, 2.75) is 25.4 Å².